The number of nitrogens with two attached hydrogens (primary N) is 2. The summed E-state index contributed by atoms with van der Waals surface area (Å²) in [6.07, 6.45) is 3.87. The van der Waals surface area contributed by atoms with E-state index in [1.807, 2.05) is 55.9 Å². The average Bonchev–Trinajstić information content (AvgIpc) is 2.89. The minimum atomic E-state index is -0.418. The highest BCUT2D eigenvalue weighted by Crippen LogP contribution is 2.25. The third kappa shape index (κ3) is 2.42. The maximum absolute atomic E-state index is 12.1. The number of aromatic nitrogens is 1. The highest BCUT2D eigenvalue weighted by molar-refractivity contribution is 6.03. The molecule has 0 saturated heterocycles. The number of carbonyl (C=O) groups is 1. The first-order chi connectivity index (χ1) is 9.41. The Labute approximate surface area is 117 Å². The lowest BCUT2D eigenvalue weighted by molar-refractivity contribution is 0.100. The van der Waals surface area contributed by atoms with Crippen LogP contribution in [0.3, 0.4) is 0 Å². The van der Waals surface area contributed by atoms with E-state index in [9.17, 15) is 4.79 Å². The Kier molecular flexibility index (Phi) is 3.61. The molecule has 0 spiro atoms. The van der Waals surface area contributed by atoms with E-state index in [4.69, 9.17) is 11.5 Å². The summed E-state index contributed by atoms with van der Waals surface area (Å²) in [7, 11) is 0. The molecule has 1 aromatic carbocycles. The molecule has 0 aliphatic carbocycles. The summed E-state index contributed by atoms with van der Waals surface area (Å²) in [4.78, 5) is 15.7. The van der Waals surface area contributed by atoms with E-state index in [0.29, 0.717) is 5.56 Å². The van der Waals surface area contributed by atoms with Crippen molar-refractivity contribution in [3.63, 3.8) is 0 Å². The van der Waals surface area contributed by atoms with Gasteiger partial charge < -0.3 is 16.0 Å². The van der Waals surface area contributed by atoms with E-state index in [0.717, 1.165) is 22.4 Å². The second-order valence-corrected chi connectivity index (χ2v) is 4.75. The number of aliphatic imine (C=N–C) groups is 1. The van der Waals surface area contributed by atoms with E-state index < -0.39 is 5.91 Å². The molecule has 4 N–H and O–H groups in total. The van der Waals surface area contributed by atoms with Crippen LogP contribution in [0.4, 0.5) is 0 Å². The number of amides is 1. The molecule has 0 atom stereocenters. The van der Waals surface area contributed by atoms with E-state index in [1.54, 1.807) is 0 Å². The minimum Gasteiger partial charge on any atom is -0.370 e. The molecule has 0 aliphatic heterocycles. The van der Waals surface area contributed by atoms with Gasteiger partial charge in [0.2, 0.25) is 0 Å². The predicted octanol–water partition coefficient (Wildman–Crippen LogP) is 1.82. The number of rotatable bonds is 2. The van der Waals surface area contributed by atoms with Crippen molar-refractivity contribution in [1.82, 2.24) is 4.57 Å². The summed E-state index contributed by atoms with van der Waals surface area (Å²) in [5, 5.41) is 0. The molecule has 0 aliphatic rings. The molecule has 2 rings (SSSR count). The number of guanidine groups is 1. The molecule has 0 fully saturated rings. The van der Waals surface area contributed by atoms with Crippen LogP contribution >= 0.6 is 0 Å². The van der Waals surface area contributed by atoms with Gasteiger partial charge in [-0.3, -0.25) is 4.79 Å². The van der Waals surface area contributed by atoms with Gasteiger partial charge in [-0.15, -0.1) is 0 Å². The lowest BCUT2D eigenvalue weighted by Crippen LogP contribution is -2.24. The third-order valence-electron chi connectivity index (χ3n) is 3.54. The molecule has 5 nitrogen and oxygen atoms in total. The smallest absolute Gasteiger partial charge is 0.280 e. The zero-order chi connectivity index (χ0) is 14.9. The van der Waals surface area contributed by atoms with Gasteiger partial charge in [0, 0.05) is 23.6 Å². The van der Waals surface area contributed by atoms with Crippen molar-refractivity contribution in [2.45, 2.75) is 20.8 Å². The van der Waals surface area contributed by atoms with Crippen LogP contribution in [0.15, 0.2) is 35.6 Å². The van der Waals surface area contributed by atoms with Crippen LogP contribution < -0.4 is 11.5 Å². The van der Waals surface area contributed by atoms with Gasteiger partial charge in [-0.1, -0.05) is 0 Å². The largest absolute Gasteiger partial charge is 0.370 e. The van der Waals surface area contributed by atoms with E-state index in [-0.39, 0.29) is 5.96 Å². The third-order valence-corrected chi connectivity index (χ3v) is 3.54. The van der Waals surface area contributed by atoms with E-state index in [2.05, 4.69) is 4.99 Å². The van der Waals surface area contributed by atoms with Gasteiger partial charge in [0.15, 0.2) is 5.96 Å². The monoisotopic (exact) mass is 270 g/mol. The SMILES string of the molecule is Cc1c(C(=O)N=C(N)N)cc(-n2cccc2)c(C)c1C. The fourth-order valence-electron chi connectivity index (χ4n) is 2.19. The van der Waals surface area contributed by atoms with Crippen LogP contribution in [0.2, 0.25) is 0 Å². The Morgan fingerprint density at radius 2 is 1.65 bits per heavy atom. The van der Waals surface area contributed by atoms with Crippen LogP contribution in [0.1, 0.15) is 27.0 Å². The van der Waals surface area contributed by atoms with Crippen LogP contribution in [0, 0.1) is 20.8 Å². The average molecular weight is 270 g/mol. The van der Waals surface area contributed by atoms with Gasteiger partial charge in [-0.2, -0.15) is 4.99 Å². The zero-order valence-corrected chi connectivity index (χ0v) is 11.8. The fraction of sp³-hybridized carbons (Fsp3) is 0.200. The summed E-state index contributed by atoms with van der Waals surface area (Å²) in [5.74, 6) is -0.644. The highest BCUT2D eigenvalue weighted by atomic mass is 16.1. The molecule has 104 valence electrons. The van der Waals surface area contributed by atoms with Crippen molar-refractivity contribution in [2.75, 3.05) is 0 Å². The quantitative estimate of drug-likeness (QED) is 0.644. The molecular weight excluding hydrogens is 252 g/mol. The summed E-state index contributed by atoms with van der Waals surface area (Å²) in [6.45, 7) is 5.92. The number of benzene rings is 1. The van der Waals surface area contributed by atoms with Crippen LogP contribution in [0.25, 0.3) is 5.69 Å². The van der Waals surface area contributed by atoms with Crippen molar-refractivity contribution in [3.05, 3.63) is 52.8 Å². The van der Waals surface area contributed by atoms with Crippen molar-refractivity contribution in [1.29, 1.82) is 0 Å². The Bertz CT molecular complexity index is 680. The van der Waals surface area contributed by atoms with E-state index in [1.165, 1.54) is 0 Å². The first-order valence-corrected chi connectivity index (χ1v) is 6.30. The second kappa shape index (κ2) is 5.21. The number of carbonyl (C=O) groups excluding carboxylic acids is 1. The first-order valence-electron chi connectivity index (χ1n) is 6.30. The molecule has 0 unspecified atom stereocenters. The standard InChI is InChI=1S/C15H18N4O/c1-9-10(2)12(14(20)18-15(16)17)8-13(11(9)3)19-6-4-5-7-19/h4-8H,1-3H3,(H4,16,17,18,20). The van der Waals surface area contributed by atoms with Crippen molar-refractivity contribution in [2.24, 2.45) is 16.5 Å². The molecule has 2 aromatic rings. The Balaban J connectivity index is 2.65. The summed E-state index contributed by atoms with van der Waals surface area (Å²) >= 11 is 0. The molecule has 5 heteroatoms. The Morgan fingerprint density at radius 1 is 1.05 bits per heavy atom. The fourth-order valence-corrected chi connectivity index (χ4v) is 2.19. The Morgan fingerprint density at radius 3 is 2.20 bits per heavy atom. The molecular formula is C15H18N4O. The van der Waals surface area contributed by atoms with Gasteiger partial charge in [-0.25, -0.2) is 0 Å². The summed E-state index contributed by atoms with van der Waals surface area (Å²) in [5.41, 5.74) is 15.1. The van der Waals surface area contributed by atoms with Gasteiger partial charge in [0.25, 0.3) is 5.91 Å². The normalized spacial score (nSPS) is 10.3. The topological polar surface area (TPSA) is 86.4 Å². The van der Waals surface area contributed by atoms with Crippen LogP contribution in [-0.4, -0.2) is 16.4 Å². The molecule has 0 radical (unpaired) electrons. The van der Waals surface area contributed by atoms with Crippen molar-refractivity contribution < 1.29 is 4.79 Å². The van der Waals surface area contributed by atoms with Crippen molar-refractivity contribution in [3.8, 4) is 5.69 Å². The lowest BCUT2D eigenvalue weighted by Gasteiger charge is -2.15. The van der Waals surface area contributed by atoms with Gasteiger partial charge in [-0.05, 0) is 55.7 Å². The molecule has 0 saturated carbocycles. The molecule has 20 heavy (non-hydrogen) atoms. The maximum atomic E-state index is 12.1. The molecule has 1 amide bonds. The lowest BCUT2D eigenvalue weighted by atomic mass is 9.96. The van der Waals surface area contributed by atoms with Crippen LogP contribution in [-0.2, 0) is 0 Å². The van der Waals surface area contributed by atoms with Crippen LogP contribution in [0.5, 0.6) is 0 Å². The predicted molar refractivity (Wildman–Crippen MR) is 80.1 cm³/mol. The first kappa shape index (κ1) is 13.9. The minimum absolute atomic E-state index is 0.227. The maximum Gasteiger partial charge on any atom is 0.280 e. The summed E-state index contributed by atoms with van der Waals surface area (Å²) < 4.78 is 1.97. The summed E-state index contributed by atoms with van der Waals surface area (Å²) in [6, 6.07) is 5.70. The second-order valence-electron chi connectivity index (χ2n) is 4.75. The number of hydrogen-bond acceptors (Lipinski definition) is 1. The van der Waals surface area contributed by atoms with Gasteiger partial charge in [0.1, 0.15) is 0 Å². The van der Waals surface area contributed by atoms with E-state index >= 15 is 0 Å². The van der Waals surface area contributed by atoms with Gasteiger partial charge >= 0.3 is 0 Å². The zero-order valence-electron chi connectivity index (χ0n) is 11.8. The van der Waals surface area contributed by atoms with Crippen molar-refractivity contribution >= 4 is 11.9 Å². The molecule has 0 bridgehead atoms. The molecule has 1 heterocycles. The number of nitrogens with zero attached hydrogens (tertiary/aromatic N) is 2. The number of hydrogen-bond donors (Lipinski definition) is 2. The Hall–Kier alpha value is -2.56. The molecule has 1 aromatic heterocycles. The highest BCUT2D eigenvalue weighted by Gasteiger charge is 2.15. The van der Waals surface area contributed by atoms with Gasteiger partial charge in [0.05, 0.1) is 0 Å².